The zero-order valence-corrected chi connectivity index (χ0v) is 14.2. The lowest BCUT2D eigenvalue weighted by Gasteiger charge is -2.21. The van der Waals surface area contributed by atoms with Crippen molar-refractivity contribution in [3.63, 3.8) is 0 Å². The van der Waals surface area contributed by atoms with Gasteiger partial charge in [0.05, 0.1) is 26.3 Å². The molecule has 2 aromatic rings. The molecule has 134 valence electrons. The molecule has 0 fully saturated rings. The van der Waals surface area contributed by atoms with Crippen molar-refractivity contribution in [2.75, 3.05) is 26.5 Å². The van der Waals surface area contributed by atoms with Gasteiger partial charge in [0, 0.05) is 24.4 Å². The number of phenolic OH excluding ortho intramolecular Hbond substituents is 1. The highest BCUT2D eigenvalue weighted by Crippen LogP contribution is 2.34. The third-order valence-corrected chi connectivity index (χ3v) is 3.88. The molecule has 0 saturated heterocycles. The molecule has 0 heterocycles. The van der Waals surface area contributed by atoms with Gasteiger partial charge in [0.25, 0.3) is 0 Å². The maximum absolute atomic E-state index is 11.6. The van der Waals surface area contributed by atoms with E-state index < -0.39 is 6.09 Å². The van der Waals surface area contributed by atoms with Crippen LogP contribution in [-0.4, -0.2) is 42.0 Å². The third kappa shape index (κ3) is 4.69. The number of aromatic hydroxyl groups is 1. The topological polar surface area (TPSA) is 105 Å². The molecule has 25 heavy (non-hydrogen) atoms. The number of nitrogens with two attached hydrogens (primary N) is 1. The van der Waals surface area contributed by atoms with Gasteiger partial charge in [-0.1, -0.05) is 12.1 Å². The van der Waals surface area contributed by atoms with Crippen LogP contribution in [0.15, 0.2) is 36.4 Å². The molecule has 0 aliphatic heterocycles. The third-order valence-electron chi connectivity index (χ3n) is 3.88. The van der Waals surface area contributed by atoms with E-state index in [1.165, 1.54) is 25.2 Å². The summed E-state index contributed by atoms with van der Waals surface area (Å²) in [4.78, 5) is 12.8. The molecule has 7 heteroatoms. The Morgan fingerprint density at radius 1 is 1.16 bits per heavy atom. The zero-order chi connectivity index (χ0) is 18.4. The van der Waals surface area contributed by atoms with Gasteiger partial charge in [0.15, 0.2) is 0 Å². The van der Waals surface area contributed by atoms with E-state index in [4.69, 9.17) is 15.2 Å². The smallest absolute Gasteiger partial charge is 0.407 e. The normalized spacial score (nSPS) is 10.3. The molecule has 7 nitrogen and oxygen atoms in total. The van der Waals surface area contributed by atoms with Crippen LogP contribution in [0, 0.1) is 0 Å². The molecule has 0 saturated carbocycles. The first-order chi connectivity index (χ1) is 11.9. The van der Waals surface area contributed by atoms with E-state index in [2.05, 4.69) is 0 Å². The van der Waals surface area contributed by atoms with E-state index in [-0.39, 0.29) is 18.8 Å². The number of nitrogen functional groups attached to an aromatic ring is 1. The molecule has 0 radical (unpaired) electrons. The van der Waals surface area contributed by atoms with E-state index in [9.17, 15) is 15.0 Å². The Balaban J connectivity index is 2.16. The molecule has 0 unspecified atom stereocenters. The number of benzene rings is 2. The van der Waals surface area contributed by atoms with E-state index in [1.54, 1.807) is 18.2 Å². The number of rotatable bonds is 7. The molecule has 4 N–H and O–H groups in total. The number of phenols is 1. The lowest BCUT2D eigenvalue weighted by molar-refractivity contribution is 0.142. The summed E-state index contributed by atoms with van der Waals surface area (Å²) in [7, 11) is 2.93. The summed E-state index contributed by atoms with van der Waals surface area (Å²) in [6.45, 7) is 0.275. The molecule has 1 amide bonds. The average molecular weight is 346 g/mol. The van der Waals surface area contributed by atoms with Gasteiger partial charge in [-0.15, -0.1) is 0 Å². The SMILES string of the molecule is COc1cc(O)c(CN(CCc2ccc(N)cc2)C(=O)O)c(OC)c1. The number of carbonyl (C=O) groups is 1. The van der Waals surface area contributed by atoms with Crippen molar-refractivity contribution >= 4 is 11.8 Å². The second-order valence-corrected chi connectivity index (χ2v) is 5.52. The number of carboxylic acid groups (broad SMARTS) is 1. The Morgan fingerprint density at radius 2 is 1.84 bits per heavy atom. The van der Waals surface area contributed by atoms with Crippen LogP contribution in [0.5, 0.6) is 17.2 Å². The Kier molecular flexibility index (Phi) is 5.94. The molecule has 0 atom stereocenters. The highest BCUT2D eigenvalue weighted by atomic mass is 16.5. The van der Waals surface area contributed by atoms with Gasteiger partial charge < -0.3 is 30.3 Å². The van der Waals surface area contributed by atoms with Crippen LogP contribution in [0.2, 0.25) is 0 Å². The Morgan fingerprint density at radius 3 is 2.40 bits per heavy atom. The Bertz CT molecular complexity index is 731. The van der Waals surface area contributed by atoms with Crippen LogP contribution in [0.25, 0.3) is 0 Å². The van der Waals surface area contributed by atoms with Gasteiger partial charge in [-0.3, -0.25) is 0 Å². The minimum absolute atomic E-state index is 0.00328. The van der Waals surface area contributed by atoms with E-state index >= 15 is 0 Å². The van der Waals surface area contributed by atoms with Gasteiger partial charge in [0.1, 0.15) is 17.2 Å². The maximum Gasteiger partial charge on any atom is 0.407 e. The second kappa shape index (κ2) is 8.14. The minimum atomic E-state index is -1.08. The molecule has 2 aromatic carbocycles. The van der Waals surface area contributed by atoms with Crippen molar-refractivity contribution in [3.05, 3.63) is 47.5 Å². The molecule has 0 aliphatic carbocycles. The van der Waals surface area contributed by atoms with Gasteiger partial charge in [0.2, 0.25) is 0 Å². The predicted molar refractivity (Wildman–Crippen MR) is 94.2 cm³/mol. The van der Waals surface area contributed by atoms with Gasteiger partial charge in [-0.2, -0.15) is 0 Å². The predicted octanol–water partition coefficient (Wildman–Crippen LogP) is 2.71. The molecule has 0 bridgehead atoms. The number of amides is 1. The first-order valence-corrected chi connectivity index (χ1v) is 7.70. The lowest BCUT2D eigenvalue weighted by atomic mass is 10.1. The van der Waals surface area contributed by atoms with Gasteiger partial charge in [-0.05, 0) is 24.1 Å². The van der Waals surface area contributed by atoms with Crippen molar-refractivity contribution in [3.8, 4) is 17.2 Å². The van der Waals surface area contributed by atoms with Crippen molar-refractivity contribution in [1.29, 1.82) is 0 Å². The van der Waals surface area contributed by atoms with Crippen LogP contribution >= 0.6 is 0 Å². The number of methoxy groups -OCH3 is 2. The number of ether oxygens (including phenoxy) is 2. The summed E-state index contributed by atoms with van der Waals surface area (Å²) >= 11 is 0. The van der Waals surface area contributed by atoms with Crippen LogP contribution in [0.3, 0.4) is 0 Å². The Labute approximate surface area is 146 Å². The van der Waals surface area contributed by atoms with E-state index in [1.807, 2.05) is 12.1 Å². The van der Waals surface area contributed by atoms with Crippen molar-refractivity contribution < 1.29 is 24.5 Å². The summed E-state index contributed by atoms with van der Waals surface area (Å²) in [5.74, 6) is 0.729. The number of hydrogen-bond acceptors (Lipinski definition) is 5. The minimum Gasteiger partial charge on any atom is -0.507 e. The number of anilines is 1. The molecule has 0 aromatic heterocycles. The summed E-state index contributed by atoms with van der Waals surface area (Å²) < 4.78 is 10.3. The maximum atomic E-state index is 11.6. The van der Waals surface area contributed by atoms with Crippen LogP contribution in [-0.2, 0) is 13.0 Å². The molecule has 0 spiro atoms. The van der Waals surface area contributed by atoms with E-state index in [0.717, 1.165) is 5.56 Å². The monoisotopic (exact) mass is 346 g/mol. The van der Waals surface area contributed by atoms with Crippen LogP contribution < -0.4 is 15.2 Å². The standard InChI is InChI=1S/C18H22N2O5/c1-24-14-9-16(21)15(17(10-14)25-2)11-20(18(22)23)8-7-12-3-5-13(19)6-4-12/h3-6,9-10,21H,7-8,11,19H2,1-2H3,(H,22,23). The number of nitrogens with zero attached hydrogens (tertiary/aromatic N) is 1. The highest BCUT2D eigenvalue weighted by molar-refractivity contribution is 5.65. The summed E-state index contributed by atoms with van der Waals surface area (Å²) in [5.41, 5.74) is 7.68. The number of hydrogen-bond donors (Lipinski definition) is 3. The summed E-state index contributed by atoms with van der Waals surface area (Å²) in [5, 5.41) is 19.7. The van der Waals surface area contributed by atoms with Crippen molar-refractivity contribution in [1.82, 2.24) is 4.90 Å². The fourth-order valence-electron chi connectivity index (χ4n) is 2.45. The molecule has 0 aliphatic rings. The summed E-state index contributed by atoms with van der Waals surface area (Å²) in [6, 6.07) is 10.3. The zero-order valence-electron chi connectivity index (χ0n) is 14.2. The van der Waals surface area contributed by atoms with Gasteiger partial charge in [-0.25, -0.2) is 4.79 Å². The van der Waals surface area contributed by atoms with Crippen LogP contribution in [0.4, 0.5) is 10.5 Å². The van der Waals surface area contributed by atoms with Gasteiger partial charge >= 0.3 is 6.09 Å². The second-order valence-electron chi connectivity index (χ2n) is 5.52. The summed E-state index contributed by atoms with van der Waals surface area (Å²) in [6.07, 6.45) is -0.543. The van der Waals surface area contributed by atoms with Crippen LogP contribution in [0.1, 0.15) is 11.1 Å². The van der Waals surface area contributed by atoms with E-state index in [0.29, 0.717) is 29.2 Å². The first-order valence-electron chi connectivity index (χ1n) is 7.70. The van der Waals surface area contributed by atoms with Crippen molar-refractivity contribution in [2.24, 2.45) is 0 Å². The highest BCUT2D eigenvalue weighted by Gasteiger charge is 2.19. The quantitative estimate of drug-likeness (QED) is 0.666. The molecular weight excluding hydrogens is 324 g/mol. The first kappa shape index (κ1) is 18.3. The lowest BCUT2D eigenvalue weighted by Crippen LogP contribution is -2.31. The fourth-order valence-corrected chi connectivity index (χ4v) is 2.45. The Hall–Kier alpha value is -3.09. The molecular formula is C18H22N2O5. The van der Waals surface area contributed by atoms with Crippen molar-refractivity contribution in [2.45, 2.75) is 13.0 Å². The molecule has 2 rings (SSSR count). The fraction of sp³-hybridized carbons (Fsp3) is 0.278. The average Bonchev–Trinajstić information content (AvgIpc) is 2.60. The largest absolute Gasteiger partial charge is 0.507 e.